The molecular formula is C11H12N2O3. The van der Waals surface area contributed by atoms with Crippen LogP contribution in [-0.2, 0) is 11.2 Å². The second-order valence-electron chi connectivity index (χ2n) is 3.77. The van der Waals surface area contributed by atoms with Crippen molar-refractivity contribution in [3.8, 4) is 5.75 Å². The Balaban J connectivity index is 2.02. The van der Waals surface area contributed by atoms with Gasteiger partial charge in [0.15, 0.2) is 0 Å². The van der Waals surface area contributed by atoms with E-state index in [4.69, 9.17) is 5.11 Å². The highest BCUT2D eigenvalue weighted by Gasteiger charge is 2.25. The van der Waals surface area contributed by atoms with E-state index in [1.807, 2.05) is 0 Å². The van der Waals surface area contributed by atoms with E-state index >= 15 is 0 Å². The van der Waals surface area contributed by atoms with Gasteiger partial charge < -0.3 is 10.4 Å². The first-order valence-electron chi connectivity index (χ1n) is 5.02. The smallest absolute Gasteiger partial charge is 0.321 e. The maximum absolute atomic E-state index is 11.5. The molecule has 1 fully saturated rings. The van der Waals surface area contributed by atoms with Crippen molar-refractivity contribution in [2.75, 3.05) is 6.54 Å². The molecule has 84 valence electrons. The van der Waals surface area contributed by atoms with Crippen molar-refractivity contribution in [2.45, 2.75) is 6.42 Å². The highest BCUT2D eigenvalue weighted by atomic mass is 16.3. The fourth-order valence-electron chi connectivity index (χ4n) is 1.65. The molecule has 3 amide bonds. The molecule has 1 aromatic carbocycles. The van der Waals surface area contributed by atoms with Gasteiger partial charge in [-0.2, -0.15) is 0 Å². The van der Waals surface area contributed by atoms with Crippen LogP contribution in [0.3, 0.4) is 0 Å². The van der Waals surface area contributed by atoms with Gasteiger partial charge in [0.1, 0.15) is 5.75 Å². The van der Waals surface area contributed by atoms with Crippen LogP contribution in [0.1, 0.15) is 5.56 Å². The molecule has 3 N–H and O–H groups in total. The molecule has 1 aliphatic heterocycles. The van der Waals surface area contributed by atoms with Crippen molar-refractivity contribution >= 4 is 11.9 Å². The number of phenols is 1. The summed E-state index contributed by atoms with van der Waals surface area (Å²) in [6, 6.07) is 6.24. The first kappa shape index (κ1) is 10.5. The summed E-state index contributed by atoms with van der Waals surface area (Å²) in [7, 11) is 0. The second kappa shape index (κ2) is 4.22. The molecule has 1 unspecified atom stereocenters. The molecule has 1 aromatic rings. The van der Waals surface area contributed by atoms with Crippen LogP contribution in [0.5, 0.6) is 5.75 Å². The number of phenolic OH excluding ortho intramolecular Hbond substituents is 1. The number of amides is 3. The topological polar surface area (TPSA) is 78.4 Å². The lowest BCUT2D eigenvalue weighted by Crippen LogP contribution is -2.52. The van der Waals surface area contributed by atoms with E-state index in [2.05, 4.69) is 10.6 Å². The zero-order chi connectivity index (χ0) is 11.5. The predicted octanol–water partition coefficient (Wildman–Crippen LogP) is 0.390. The first-order valence-corrected chi connectivity index (χ1v) is 5.02. The number of nitrogens with one attached hydrogen (secondary N) is 2. The molecule has 0 saturated carbocycles. The molecule has 1 saturated heterocycles. The Morgan fingerprint density at radius 2 is 1.94 bits per heavy atom. The van der Waals surface area contributed by atoms with Crippen LogP contribution in [0, 0.1) is 5.92 Å². The number of imide groups is 1. The molecule has 1 heterocycles. The standard InChI is InChI=1S/C11H12N2O3/c14-9-3-1-7(2-4-9)5-8-6-12-11(16)13-10(8)15/h1-4,8,14H,5-6H2,(H2,12,13,15,16). The maximum Gasteiger partial charge on any atom is 0.321 e. The molecule has 5 heteroatoms. The Labute approximate surface area is 92.5 Å². The lowest BCUT2D eigenvalue weighted by Gasteiger charge is -2.21. The summed E-state index contributed by atoms with van der Waals surface area (Å²) in [4.78, 5) is 22.3. The van der Waals surface area contributed by atoms with E-state index in [0.29, 0.717) is 13.0 Å². The molecule has 16 heavy (non-hydrogen) atoms. The lowest BCUT2D eigenvalue weighted by molar-refractivity contribution is -0.124. The van der Waals surface area contributed by atoms with Crippen LogP contribution in [0.15, 0.2) is 24.3 Å². The van der Waals surface area contributed by atoms with Crippen molar-refractivity contribution in [1.29, 1.82) is 0 Å². The van der Waals surface area contributed by atoms with Gasteiger partial charge in [-0.15, -0.1) is 0 Å². The number of aromatic hydroxyl groups is 1. The number of urea groups is 1. The van der Waals surface area contributed by atoms with Gasteiger partial charge in [0.2, 0.25) is 5.91 Å². The van der Waals surface area contributed by atoms with Crippen LogP contribution in [0.25, 0.3) is 0 Å². The van der Waals surface area contributed by atoms with E-state index < -0.39 is 6.03 Å². The van der Waals surface area contributed by atoms with Gasteiger partial charge in [0.05, 0.1) is 5.92 Å². The zero-order valence-electron chi connectivity index (χ0n) is 8.56. The highest BCUT2D eigenvalue weighted by Crippen LogP contribution is 2.14. The largest absolute Gasteiger partial charge is 0.508 e. The Morgan fingerprint density at radius 1 is 1.25 bits per heavy atom. The number of hydrogen-bond acceptors (Lipinski definition) is 3. The summed E-state index contributed by atoms with van der Waals surface area (Å²) >= 11 is 0. The Morgan fingerprint density at radius 3 is 2.56 bits per heavy atom. The summed E-state index contributed by atoms with van der Waals surface area (Å²) in [5.41, 5.74) is 0.953. The third-order valence-corrected chi connectivity index (χ3v) is 2.53. The van der Waals surface area contributed by atoms with Gasteiger partial charge in [0.25, 0.3) is 0 Å². The monoisotopic (exact) mass is 220 g/mol. The van der Waals surface area contributed by atoms with Crippen molar-refractivity contribution in [3.63, 3.8) is 0 Å². The molecule has 0 aliphatic carbocycles. The van der Waals surface area contributed by atoms with Gasteiger partial charge in [-0.3, -0.25) is 10.1 Å². The third kappa shape index (κ3) is 2.31. The fraction of sp³-hybridized carbons (Fsp3) is 0.273. The molecule has 1 aliphatic rings. The number of carbonyl (C=O) groups is 2. The number of hydrogen-bond donors (Lipinski definition) is 3. The molecule has 0 bridgehead atoms. The van der Waals surface area contributed by atoms with Crippen molar-refractivity contribution in [1.82, 2.24) is 10.6 Å². The minimum Gasteiger partial charge on any atom is -0.508 e. The molecule has 2 rings (SSSR count). The average molecular weight is 220 g/mol. The maximum atomic E-state index is 11.5. The van der Waals surface area contributed by atoms with E-state index in [1.54, 1.807) is 24.3 Å². The van der Waals surface area contributed by atoms with Crippen LogP contribution in [0.2, 0.25) is 0 Å². The van der Waals surface area contributed by atoms with Gasteiger partial charge in [-0.25, -0.2) is 4.79 Å². The Hall–Kier alpha value is -2.04. The number of benzene rings is 1. The minimum absolute atomic E-state index is 0.199. The van der Waals surface area contributed by atoms with Crippen LogP contribution in [0.4, 0.5) is 4.79 Å². The van der Waals surface area contributed by atoms with Crippen LogP contribution in [-0.4, -0.2) is 23.6 Å². The predicted molar refractivity (Wildman–Crippen MR) is 56.8 cm³/mol. The Kier molecular flexibility index (Phi) is 2.76. The highest BCUT2D eigenvalue weighted by molar-refractivity contribution is 5.98. The lowest BCUT2D eigenvalue weighted by atomic mass is 9.97. The van der Waals surface area contributed by atoms with Crippen LogP contribution >= 0.6 is 0 Å². The molecule has 1 atom stereocenters. The second-order valence-corrected chi connectivity index (χ2v) is 3.77. The molecule has 0 radical (unpaired) electrons. The summed E-state index contributed by atoms with van der Waals surface area (Å²) in [5.74, 6) is -0.302. The van der Waals surface area contributed by atoms with Gasteiger partial charge in [-0.1, -0.05) is 12.1 Å². The Bertz CT molecular complexity index is 414. The summed E-state index contributed by atoms with van der Waals surface area (Å²) in [6.45, 7) is 0.353. The van der Waals surface area contributed by atoms with Crippen molar-refractivity contribution < 1.29 is 14.7 Å². The average Bonchev–Trinajstić information content (AvgIpc) is 2.25. The van der Waals surface area contributed by atoms with E-state index in [-0.39, 0.29) is 17.6 Å². The molecule has 5 nitrogen and oxygen atoms in total. The van der Waals surface area contributed by atoms with E-state index in [1.165, 1.54) is 0 Å². The minimum atomic E-state index is -0.438. The molecule has 0 aromatic heterocycles. The summed E-state index contributed by atoms with van der Waals surface area (Å²) < 4.78 is 0. The zero-order valence-corrected chi connectivity index (χ0v) is 8.56. The van der Waals surface area contributed by atoms with Gasteiger partial charge >= 0.3 is 6.03 Å². The summed E-state index contributed by atoms with van der Waals surface area (Å²) in [6.07, 6.45) is 0.548. The number of rotatable bonds is 2. The van der Waals surface area contributed by atoms with Crippen molar-refractivity contribution in [2.24, 2.45) is 5.92 Å². The van der Waals surface area contributed by atoms with Gasteiger partial charge in [-0.05, 0) is 24.1 Å². The van der Waals surface area contributed by atoms with Crippen molar-refractivity contribution in [3.05, 3.63) is 29.8 Å². The van der Waals surface area contributed by atoms with E-state index in [0.717, 1.165) is 5.56 Å². The normalized spacial score (nSPS) is 20.1. The third-order valence-electron chi connectivity index (χ3n) is 2.53. The first-order chi connectivity index (χ1) is 7.65. The SMILES string of the molecule is O=C1NCC(Cc2ccc(O)cc2)C(=O)N1. The van der Waals surface area contributed by atoms with Gasteiger partial charge in [0, 0.05) is 6.54 Å². The van der Waals surface area contributed by atoms with E-state index in [9.17, 15) is 9.59 Å². The number of carbonyl (C=O) groups excluding carboxylic acids is 2. The molecular weight excluding hydrogens is 208 g/mol. The fourth-order valence-corrected chi connectivity index (χ4v) is 1.65. The quantitative estimate of drug-likeness (QED) is 0.674. The van der Waals surface area contributed by atoms with Crippen LogP contribution < -0.4 is 10.6 Å². The summed E-state index contributed by atoms with van der Waals surface area (Å²) in [5, 5.41) is 13.9. The molecule has 0 spiro atoms.